The van der Waals surface area contributed by atoms with Crippen LogP contribution in [-0.2, 0) is 13.5 Å². The summed E-state index contributed by atoms with van der Waals surface area (Å²) in [5.41, 5.74) is 2.39. The zero-order valence-corrected chi connectivity index (χ0v) is 12.7. The Labute approximate surface area is 128 Å². The van der Waals surface area contributed by atoms with Crippen LogP contribution >= 0.6 is 0 Å². The highest BCUT2D eigenvalue weighted by Crippen LogP contribution is 2.31. The number of H-pyrrole nitrogens is 1. The number of aromatic nitrogens is 4. The number of likely N-dealkylation sites (tertiary alicyclic amines) is 1. The van der Waals surface area contributed by atoms with Crippen molar-refractivity contribution in [1.29, 1.82) is 0 Å². The van der Waals surface area contributed by atoms with Crippen LogP contribution in [0.5, 0.6) is 0 Å². The first-order chi connectivity index (χ1) is 10.7. The Hall–Kier alpha value is -2.15. The van der Waals surface area contributed by atoms with E-state index < -0.39 is 0 Å². The molecule has 3 heterocycles. The molecule has 0 spiro atoms. The number of aromatic amines is 1. The number of hydrogen-bond donors (Lipinski definition) is 2. The van der Waals surface area contributed by atoms with Gasteiger partial charge in [-0.2, -0.15) is 10.2 Å². The largest absolute Gasteiger partial charge is 0.396 e. The number of aryl methyl sites for hydroxylation is 1. The van der Waals surface area contributed by atoms with E-state index in [-0.39, 0.29) is 18.6 Å². The summed E-state index contributed by atoms with van der Waals surface area (Å²) in [5, 5.41) is 20.4. The van der Waals surface area contributed by atoms with E-state index in [1.165, 1.54) is 0 Å². The van der Waals surface area contributed by atoms with Crippen molar-refractivity contribution >= 4 is 5.91 Å². The Kier molecular flexibility index (Phi) is 4.24. The fourth-order valence-corrected chi connectivity index (χ4v) is 2.98. The summed E-state index contributed by atoms with van der Waals surface area (Å²) in [6.45, 7) is 0.825. The Morgan fingerprint density at radius 2 is 2.36 bits per heavy atom. The molecule has 1 aliphatic heterocycles. The lowest BCUT2D eigenvalue weighted by atomic mass is 9.98. The van der Waals surface area contributed by atoms with E-state index in [0.717, 1.165) is 37.2 Å². The minimum atomic E-state index is -0.00912. The third-order valence-electron chi connectivity index (χ3n) is 4.09. The van der Waals surface area contributed by atoms with E-state index >= 15 is 0 Å². The zero-order valence-electron chi connectivity index (χ0n) is 12.7. The Morgan fingerprint density at radius 1 is 1.50 bits per heavy atom. The summed E-state index contributed by atoms with van der Waals surface area (Å²) in [6, 6.07) is 1.94. The van der Waals surface area contributed by atoms with Gasteiger partial charge in [0, 0.05) is 38.5 Å². The normalized spacial score (nSPS) is 18.6. The van der Waals surface area contributed by atoms with Gasteiger partial charge in [0.15, 0.2) is 0 Å². The number of amides is 1. The molecule has 0 radical (unpaired) electrons. The second-order valence-corrected chi connectivity index (χ2v) is 5.70. The fraction of sp³-hybridized carbons (Fsp3) is 0.533. The minimum absolute atomic E-state index is 0.00417. The van der Waals surface area contributed by atoms with Crippen molar-refractivity contribution in [3.63, 3.8) is 0 Å². The van der Waals surface area contributed by atoms with Crippen LogP contribution in [0.25, 0.3) is 0 Å². The van der Waals surface area contributed by atoms with Gasteiger partial charge >= 0.3 is 0 Å². The molecule has 1 amide bonds. The maximum absolute atomic E-state index is 12.7. The molecule has 1 atom stereocenters. The molecule has 2 aromatic heterocycles. The van der Waals surface area contributed by atoms with Crippen LogP contribution in [-0.4, -0.2) is 49.0 Å². The molecule has 0 aliphatic carbocycles. The molecule has 1 saturated heterocycles. The lowest BCUT2D eigenvalue weighted by Gasteiger charge is -2.34. The van der Waals surface area contributed by atoms with E-state index in [4.69, 9.17) is 5.11 Å². The fourth-order valence-electron chi connectivity index (χ4n) is 2.98. The molecule has 0 saturated carbocycles. The molecule has 118 valence electrons. The Balaban J connectivity index is 1.82. The summed E-state index contributed by atoms with van der Waals surface area (Å²) < 4.78 is 1.64. The predicted molar refractivity (Wildman–Crippen MR) is 80.2 cm³/mol. The number of nitrogens with zero attached hydrogens (tertiary/aromatic N) is 4. The van der Waals surface area contributed by atoms with E-state index in [0.29, 0.717) is 12.0 Å². The Morgan fingerprint density at radius 3 is 3.09 bits per heavy atom. The van der Waals surface area contributed by atoms with Crippen molar-refractivity contribution in [2.24, 2.45) is 7.05 Å². The van der Waals surface area contributed by atoms with Crippen molar-refractivity contribution in [3.8, 4) is 0 Å². The lowest BCUT2D eigenvalue weighted by molar-refractivity contribution is 0.0606. The molecule has 7 heteroatoms. The number of carbonyl (C=O) groups is 1. The molecule has 7 nitrogen and oxygen atoms in total. The summed E-state index contributed by atoms with van der Waals surface area (Å²) in [7, 11) is 1.80. The number of aliphatic hydroxyl groups is 1. The van der Waals surface area contributed by atoms with Gasteiger partial charge in [0.2, 0.25) is 0 Å². The molecule has 22 heavy (non-hydrogen) atoms. The first-order valence-electron chi connectivity index (χ1n) is 7.63. The molecule has 0 unspecified atom stereocenters. The first-order valence-corrected chi connectivity index (χ1v) is 7.63. The molecule has 1 aliphatic rings. The van der Waals surface area contributed by atoms with E-state index in [9.17, 15) is 4.79 Å². The third kappa shape index (κ3) is 2.89. The zero-order chi connectivity index (χ0) is 15.5. The highest BCUT2D eigenvalue weighted by molar-refractivity contribution is 5.94. The summed E-state index contributed by atoms with van der Waals surface area (Å²) in [6.07, 6.45) is 6.91. The number of piperidine rings is 1. The van der Waals surface area contributed by atoms with Crippen LogP contribution in [0.2, 0.25) is 0 Å². The van der Waals surface area contributed by atoms with Gasteiger partial charge < -0.3 is 10.0 Å². The SMILES string of the molecule is Cn1cc(C(=O)N2CCCC[C@H]2c2cc(CCO)[nH]n2)cn1. The average molecular weight is 303 g/mol. The monoisotopic (exact) mass is 303 g/mol. The van der Waals surface area contributed by atoms with Crippen LogP contribution in [0.15, 0.2) is 18.5 Å². The number of hydrogen-bond acceptors (Lipinski definition) is 4. The maximum Gasteiger partial charge on any atom is 0.257 e. The molecule has 3 rings (SSSR count). The van der Waals surface area contributed by atoms with Crippen LogP contribution in [0.3, 0.4) is 0 Å². The maximum atomic E-state index is 12.7. The quantitative estimate of drug-likeness (QED) is 0.883. The van der Waals surface area contributed by atoms with Crippen LogP contribution in [0.1, 0.15) is 47.1 Å². The summed E-state index contributed by atoms with van der Waals surface area (Å²) in [5.74, 6) is 0.00417. The van der Waals surface area contributed by atoms with Gasteiger partial charge in [-0.05, 0) is 25.3 Å². The van der Waals surface area contributed by atoms with Gasteiger partial charge in [0.1, 0.15) is 0 Å². The van der Waals surface area contributed by atoms with E-state index in [1.807, 2.05) is 11.0 Å². The van der Waals surface area contributed by atoms with Gasteiger partial charge in [0.25, 0.3) is 5.91 Å². The molecule has 1 fully saturated rings. The van der Waals surface area contributed by atoms with Gasteiger partial charge in [-0.15, -0.1) is 0 Å². The number of carbonyl (C=O) groups excluding carboxylic acids is 1. The van der Waals surface area contributed by atoms with Crippen LogP contribution < -0.4 is 0 Å². The van der Waals surface area contributed by atoms with Crippen molar-refractivity contribution in [2.75, 3.05) is 13.2 Å². The molecule has 0 bridgehead atoms. The van der Waals surface area contributed by atoms with Crippen LogP contribution in [0, 0.1) is 0 Å². The number of nitrogens with one attached hydrogen (secondary N) is 1. The number of rotatable bonds is 4. The van der Waals surface area contributed by atoms with Gasteiger partial charge in [-0.3, -0.25) is 14.6 Å². The van der Waals surface area contributed by atoms with Crippen molar-refractivity contribution in [3.05, 3.63) is 35.4 Å². The van der Waals surface area contributed by atoms with Crippen molar-refractivity contribution in [2.45, 2.75) is 31.7 Å². The number of aliphatic hydroxyl groups excluding tert-OH is 1. The van der Waals surface area contributed by atoms with Crippen molar-refractivity contribution < 1.29 is 9.90 Å². The predicted octanol–water partition coefficient (Wildman–Crippen LogP) is 1.05. The molecule has 0 aromatic carbocycles. The van der Waals surface area contributed by atoms with Gasteiger partial charge in [-0.1, -0.05) is 0 Å². The molecule has 2 N–H and O–H groups in total. The van der Waals surface area contributed by atoms with Gasteiger partial charge in [0.05, 0.1) is 23.5 Å². The highest BCUT2D eigenvalue weighted by atomic mass is 16.3. The Bertz CT molecular complexity index is 648. The second-order valence-electron chi connectivity index (χ2n) is 5.70. The first kappa shape index (κ1) is 14.8. The van der Waals surface area contributed by atoms with Crippen molar-refractivity contribution in [1.82, 2.24) is 24.9 Å². The smallest absolute Gasteiger partial charge is 0.257 e. The van der Waals surface area contributed by atoms with E-state index in [2.05, 4.69) is 15.3 Å². The van der Waals surface area contributed by atoms with Crippen LogP contribution in [0.4, 0.5) is 0 Å². The second kappa shape index (κ2) is 6.31. The lowest BCUT2D eigenvalue weighted by Crippen LogP contribution is -2.38. The molecular formula is C15H21N5O2. The highest BCUT2D eigenvalue weighted by Gasteiger charge is 2.30. The average Bonchev–Trinajstić information content (AvgIpc) is 3.16. The summed E-state index contributed by atoms with van der Waals surface area (Å²) in [4.78, 5) is 14.6. The van der Waals surface area contributed by atoms with Gasteiger partial charge in [-0.25, -0.2) is 0 Å². The standard InChI is InChI=1S/C15H21N5O2/c1-19-10-11(9-16-19)15(22)20-6-3-2-4-14(20)13-8-12(5-7-21)17-18-13/h8-10,14,21H,2-7H2,1H3,(H,17,18)/t14-/m0/s1. The topological polar surface area (TPSA) is 87.0 Å². The molecular weight excluding hydrogens is 282 g/mol. The summed E-state index contributed by atoms with van der Waals surface area (Å²) >= 11 is 0. The minimum Gasteiger partial charge on any atom is -0.396 e. The molecule has 2 aromatic rings. The van der Waals surface area contributed by atoms with E-state index in [1.54, 1.807) is 24.1 Å². The third-order valence-corrected chi connectivity index (χ3v) is 4.09.